The molecule has 4 rings (SSSR count). The lowest BCUT2D eigenvalue weighted by atomic mass is 9.95. The van der Waals surface area contributed by atoms with Gasteiger partial charge in [-0.1, -0.05) is 40.2 Å². The summed E-state index contributed by atoms with van der Waals surface area (Å²) in [6, 6.07) is 15.4. The highest BCUT2D eigenvalue weighted by atomic mass is 79.9. The second kappa shape index (κ2) is 17.2. The highest BCUT2D eigenvalue weighted by molar-refractivity contribution is 9.10. The Morgan fingerprint density at radius 2 is 1.85 bits per heavy atom. The van der Waals surface area contributed by atoms with Crippen molar-refractivity contribution < 1.29 is 38.4 Å². The van der Waals surface area contributed by atoms with Crippen LogP contribution >= 0.6 is 15.9 Å². The second-order valence-corrected chi connectivity index (χ2v) is 11.5. The molecule has 254 valence electrons. The maximum Gasteiger partial charge on any atom is 0.337 e. The van der Waals surface area contributed by atoms with E-state index in [0.717, 1.165) is 21.2 Å². The smallest absolute Gasteiger partial charge is 0.337 e. The molecule has 1 aliphatic rings. The Balaban J connectivity index is 1.42. The largest absolute Gasteiger partial charge is 0.493 e. The highest BCUT2D eigenvalue weighted by Crippen LogP contribution is 2.36. The number of rotatable bonds is 16. The molecule has 0 unspecified atom stereocenters. The van der Waals surface area contributed by atoms with Crippen molar-refractivity contribution in [2.45, 2.75) is 39.1 Å². The minimum absolute atomic E-state index is 0.166. The Kier molecular flexibility index (Phi) is 12.9. The van der Waals surface area contributed by atoms with Gasteiger partial charge in [0.1, 0.15) is 13.2 Å². The van der Waals surface area contributed by atoms with E-state index in [9.17, 15) is 14.7 Å². The fourth-order valence-corrected chi connectivity index (χ4v) is 5.20. The summed E-state index contributed by atoms with van der Waals surface area (Å²) in [4.78, 5) is 24.7. The van der Waals surface area contributed by atoms with E-state index in [2.05, 4.69) is 43.7 Å². The van der Waals surface area contributed by atoms with Crippen LogP contribution in [0.25, 0.3) is 0 Å². The van der Waals surface area contributed by atoms with Gasteiger partial charge in [-0.25, -0.2) is 9.59 Å². The van der Waals surface area contributed by atoms with E-state index >= 15 is 0 Å². The van der Waals surface area contributed by atoms with E-state index in [1.807, 2.05) is 37.3 Å². The van der Waals surface area contributed by atoms with Gasteiger partial charge < -0.3 is 39.4 Å². The molecule has 0 saturated carbocycles. The average Bonchev–Trinajstić information content (AvgIpc) is 3.07. The Hall–Kier alpha value is -5.01. The summed E-state index contributed by atoms with van der Waals surface area (Å²) in [7, 11) is 2.85. The molecule has 12 nitrogen and oxygen atoms in total. The van der Waals surface area contributed by atoms with Crippen molar-refractivity contribution in [3.63, 3.8) is 0 Å². The van der Waals surface area contributed by atoms with Crippen molar-refractivity contribution in [3.8, 4) is 23.0 Å². The molecule has 4 N–H and O–H groups in total. The van der Waals surface area contributed by atoms with Crippen LogP contribution in [0.4, 0.5) is 4.79 Å². The maximum absolute atomic E-state index is 12.5. The number of aliphatic hydroxyl groups excluding tert-OH is 1. The summed E-state index contributed by atoms with van der Waals surface area (Å²) in [6.07, 6.45) is 2.71. The molecule has 0 bridgehead atoms. The first-order chi connectivity index (χ1) is 23.2. The minimum Gasteiger partial charge on any atom is -0.493 e. The number of nitrogens with zero attached hydrogens (tertiary/aromatic N) is 1. The van der Waals surface area contributed by atoms with Crippen LogP contribution in [0.3, 0.4) is 0 Å². The quantitative estimate of drug-likeness (QED) is 0.0509. The van der Waals surface area contributed by atoms with Crippen LogP contribution in [0, 0.1) is 0 Å². The van der Waals surface area contributed by atoms with Gasteiger partial charge in [0.25, 0.3) is 0 Å². The van der Waals surface area contributed by atoms with Crippen molar-refractivity contribution in [2.75, 3.05) is 27.4 Å². The van der Waals surface area contributed by atoms with Gasteiger partial charge in [0.15, 0.2) is 29.2 Å². The number of ether oxygens (including phenoxy) is 5. The van der Waals surface area contributed by atoms with E-state index in [0.29, 0.717) is 53.9 Å². The number of halogens is 1. The summed E-state index contributed by atoms with van der Waals surface area (Å²) in [5.74, 6) is 1.30. The average molecular weight is 724 g/mol. The molecule has 1 aliphatic heterocycles. The van der Waals surface area contributed by atoms with Gasteiger partial charge in [0.2, 0.25) is 0 Å². The van der Waals surface area contributed by atoms with Crippen LogP contribution in [-0.2, 0) is 22.6 Å². The van der Waals surface area contributed by atoms with Gasteiger partial charge >= 0.3 is 12.0 Å². The van der Waals surface area contributed by atoms with Crippen molar-refractivity contribution in [1.82, 2.24) is 16.1 Å². The molecule has 48 heavy (non-hydrogen) atoms. The first-order valence-corrected chi connectivity index (χ1v) is 15.9. The molecule has 1 heterocycles. The van der Waals surface area contributed by atoms with Crippen molar-refractivity contribution >= 4 is 34.1 Å². The summed E-state index contributed by atoms with van der Waals surface area (Å²) < 4.78 is 29.3. The lowest BCUT2D eigenvalue weighted by Crippen LogP contribution is -2.45. The van der Waals surface area contributed by atoms with Crippen LogP contribution in [0.5, 0.6) is 23.0 Å². The Bertz CT molecular complexity index is 1680. The van der Waals surface area contributed by atoms with Gasteiger partial charge in [0, 0.05) is 15.7 Å². The van der Waals surface area contributed by atoms with Gasteiger partial charge in [-0.2, -0.15) is 5.10 Å². The number of aliphatic hydroxyl groups is 1. The number of nitrogens with one attached hydrogen (secondary N) is 3. The molecule has 2 amide bonds. The van der Waals surface area contributed by atoms with Crippen LogP contribution < -0.4 is 35.0 Å². The zero-order chi connectivity index (χ0) is 34.6. The number of hydrogen-bond donors (Lipinski definition) is 4. The highest BCUT2D eigenvalue weighted by Gasteiger charge is 2.32. The predicted molar refractivity (Wildman–Crippen MR) is 184 cm³/mol. The number of allylic oxidation sites excluding steroid dienone is 2. The van der Waals surface area contributed by atoms with Crippen molar-refractivity contribution in [1.29, 1.82) is 0 Å². The number of carbonyl (C=O) groups excluding carboxylic acids is 2. The SMILES string of the molecule is C=CCc1cc(/C=N\N[C@H](O)COc2ccc([C@@H]3NC(=O)NC(C)=C3C(=O)OC)cc2OCC)cc(OC)c1OCc1ccc(Br)cc1. The Morgan fingerprint density at radius 3 is 2.54 bits per heavy atom. The second-order valence-electron chi connectivity index (χ2n) is 10.5. The van der Waals surface area contributed by atoms with E-state index in [-0.39, 0.29) is 12.2 Å². The molecule has 0 saturated heterocycles. The molecule has 13 heteroatoms. The zero-order valence-corrected chi connectivity index (χ0v) is 28.8. The van der Waals surface area contributed by atoms with Gasteiger partial charge in [0.05, 0.1) is 38.7 Å². The summed E-state index contributed by atoms with van der Waals surface area (Å²) in [6.45, 7) is 7.83. The first kappa shape index (κ1) is 35.8. The summed E-state index contributed by atoms with van der Waals surface area (Å²) in [5, 5.41) is 20.1. The molecule has 2 atom stereocenters. The molecule has 0 spiro atoms. The molecular formula is C35H39BrN4O8. The third-order valence-electron chi connectivity index (χ3n) is 7.14. The van der Waals surface area contributed by atoms with E-state index in [4.69, 9.17) is 23.7 Å². The van der Waals surface area contributed by atoms with Gasteiger partial charge in [-0.15, -0.1) is 6.58 Å². The third kappa shape index (κ3) is 9.29. The summed E-state index contributed by atoms with van der Waals surface area (Å²) >= 11 is 3.44. The topological polar surface area (TPSA) is 149 Å². The molecule has 0 aromatic heterocycles. The molecule has 0 fully saturated rings. The van der Waals surface area contributed by atoms with Crippen molar-refractivity contribution in [2.24, 2.45) is 5.10 Å². The molecule has 0 aliphatic carbocycles. The predicted octanol–water partition coefficient (Wildman–Crippen LogP) is 5.29. The lowest BCUT2D eigenvalue weighted by molar-refractivity contribution is -0.136. The number of methoxy groups -OCH3 is 2. The molecule has 0 radical (unpaired) electrons. The van der Waals surface area contributed by atoms with Crippen LogP contribution in [-0.4, -0.2) is 57.0 Å². The number of hydrogen-bond acceptors (Lipinski definition) is 10. The standard InChI is InChI=1S/C35H39BrN4O8/c1-6-8-25-15-23(16-29(44-4)33(25)48-19-22-9-12-26(36)13-10-22)18-37-40-30(41)20-47-27-14-11-24(17-28(27)46-7-2)32-31(34(42)45-5)21(3)38-35(43)39-32/h6,9-18,30,32,40-41H,1,7-8,19-20H2,2-5H3,(H2,38,39,43)/b37-18-/t30-,32+/m1/s1. The van der Waals surface area contributed by atoms with Gasteiger partial charge in [-0.05, 0) is 73.4 Å². The van der Waals surface area contributed by atoms with Crippen molar-refractivity contribution in [3.05, 3.63) is 105 Å². The minimum atomic E-state index is -1.17. The lowest BCUT2D eigenvalue weighted by Gasteiger charge is -2.28. The van der Waals surface area contributed by atoms with Gasteiger partial charge in [-0.3, -0.25) is 5.43 Å². The molecular weight excluding hydrogens is 684 g/mol. The fourth-order valence-electron chi connectivity index (χ4n) is 4.94. The number of benzene rings is 3. The Morgan fingerprint density at radius 1 is 1.08 bits per heavy atom. The van der Waals surface area contributed by atoms with E-state index < -0.39 is 24.3 Å². The zero-order valence-electron chi connectivity index (χ0n) is 27.2. The van der Waals surface area contributed by atoms with Crippen LogP contribution in [0.15, 0.2) is 88.1 Å². The fraction of sp³-hybridized carbons (Fsp3) is 0.286. The number of amides is 2. The number of carbonyl (C=O) groups is 2. The summed E-state index contributed by atoms with van der Waals surface area (Å²) in [5.41, 5.74) is 6.49. The number of esters is 1. The van der Waals surface area contributed by atoms with E-state index in [1.165, 1.54) is 7.11 Å². The maximum atomic E-state index is 12.5. The third-order valence-corrected chi connectivity index (χ3v) is 7.67. The molecule has 3 aromatic rings. The van der Waals surface area contributed by atoms with Crippen LogP contribution in [0.1, 0.15) is 42.1 Å². The normalized spacial score (nSPS) is 14.9. The number of urea groups is 1. The molecule has 3 aromatic carbocycles. The number of hydrazone groups is 1. The van der Waals surface area contributed by atoms with E-state index in [1.54, 1.807) is 50.6 Å². The Labute approximate surface area is 287 Å². The van der Waals surface area contributed by atoms with Crippen LogP contribution in [0.2, 0.25) is 0 Å². The first-order valence-electron chi connectivity index (χ1n) is 15.1. The monoisotopic (exact) mass is 722 g/mol.